The molecular weight excluding hydrogens is 261 g/mol. The van der Waals surface area contributed by atoms with Crippen LogP contribution in [-0.2, 0) is 0 Å². The topological polar surface area (TPSA) is 58.6 Å². The zero-order valence-corrected chi connectivity index (χ0v) is 11.1. The van der Waals surface area contributed by atoms with Crippen LogP contribution in [0, 0.1) is 12.7 Å². The van der Waals surface area contributed by atoms with Crippen molar-refractivity contribution >= 4 is 11.6 Å². The summed E-state index contributed by atoms with van der Waals surface area (Å²) in [6, 6.07) is 8.82. The van der Waals surface area contributed by atoms with Crippen molar-refractivity contribution in [2.24, 2.45) is 0 Å². The lowest BCUT2D eigenvalue weighted by atomic mass is 10.1. The minimum Gasteiger partial charge on any atom is -0.507 e. The van der Waals surface area contributed by atoms with E-state index in [1.54, 1.807) is 19.1 Å². The van der Waals surface area contributed by atoms with E-state index >= 15 is 0 Å². The summed E-state index contributed by atoms with van der Waals surface area (Å²) in [6.45, 7) is 1.68. The average Bonchev–Trinajstić information content (AvgIpc) is 2.44. The van der Waals surface area contributed by atoms with Gasteiger partial charge in [-0.2, -0.15) is 0 Å². The fraction of sp³-hybridized carbons (Fsp3) is 0.133. The van der Waals surface area contributed by atoms with Crippen LogP contribution in [0.25, 0.3) is 0 Å². The van der Waals surface area contributed by atoms with E-state index in [9.17, 15) is 14.3 Å². The lowest BCUT2D eigenvalue weighted by Gasteiger charge is -2.10. The smallest absolute Gasteiger partial charge is 0.259 e. The molecule has 20 heavy (non-hydrogen) atoms. The van der Waals surface area contributed by atoms with Crippen LogP contribution in [0.1, 0.15) is 15.9 Å². The van der Waals surface area contributed by atoms with Crippen molar-refractivity contribution < 1.29 is 19.0 Å². The molecule has 0 fully saturated rings. The monoisotopic (exact) mass is 275 g/mol. The van der Waals surface area contributed by atoms with Crippen LogP contribution in [0.4, 0.5) is 10.1 Å². The molecule has 5 heteroatoms. The highest BCUT2D eigenvalue weighted by molar-refractivity contribution is 6.06. The van der Waals surface area contributed by atoms with Gasteiger partial charge in [-0.1, -0.05) is 12.1 Å². The number of phenolic OH excluding ortho intramolecular Hbond substituents is 1. The highest BCUT2D eigenvalue weighted by atomic mass is 19.1. The number of carbonyl (C=O) groups is 1. The maximum Gasteiger partial charge on any atom is 0.259 e. The number of rotatable bonds is 3. The predicted octanol–water partition coefficient (Wildman–Crippen LogP) is 3.10. The van der Waals surface area contributed by atoms with Gasteiger partial charge in [0.2, 0.25) is 0 Å². The highest BCUT2D eigenvalue weighted by Gasteiger charge is 2.14. The second kappa shape index (κ2) is 5.61. The molecule has 0 saturated heterocycles. The van der Waals surface area contributed by atoms with E-state index in [1.807, 2.05) is 0 Å². The maximum atomic E-state index is 13.6. The average molecular weight is 275 g/mol. The van der Waals surface area contributed by atoms with Gasteiger partial charge in [0.1, 0.15) is 17.3 Å². The molecule has 0 spiro atoms. The second-order valence-corrected chi connectivity index (χ2v) is 4.27. The molecule has 0 aliphatic carbocycles. The Bertz CT molecular complexity index is 656. The third-order valence-corrected chi connectivity index (χ3v) is 2.90. The quantitative estimate of drug-likeness (QED) is 0.905. The van der Waals surface area contributed by atoms with E-state index in [4.69, 9.17) is 4.74 Å². The summed E-state index contributed by atoms with van der Waals surface area (Å²) in [6.07, 6.45) is 0. The molecule has 2 rings (SSSR count). The number of benzene rings is 2. The van der Waals surface area contributed by atoms with Crippen molar-refractivity contribution in [2.45, 2.75) is 6.92 Å². The summed E-state index contributed by atoms with van der Waals surface area (Å²) in [5.74, 6) is -0.854. The highest BCUT2D eigenvalue weighted by Crippen LogP contribution is 2.25. The van der Waals surface area contributed by atoms with Gasteiger partial charge in [-0.15, -0.1) is 0 Å². The molecule has 0 aliphatic heterocycles. The minimum absolute atomic E-state index is 0.00439. The lowest BCUT2D eigenvalue weighted by Crippen LogP contribution is -2.13. The molecule has 0 heterocycles. The Morgan fingerprint density at radius 1 is 1.30 bits per heavy atom. The number of hydrogen-bond donors (Lipinski definition) is 2. The molecule has 0 bridgehead atoms. The molecule has 2 aromatic rings. The normalized spacial score (nSPS) is 10.2. The van der Waals surface area contributed by atoms with Crippen molar-refractivity contribution in [1.29, 1.82) is 0 Å². The standard InChI is InChI=1S/C15H14FNO3/c1-9-4-3-5-11(14(9)18)15(19)17-13-8-10(20-2)6-7-12(13)16/h3-8,18H,1-2H3,(H,17,19). The van der Waals surface area contributed by atoms with Crippen LogP contribution in [0.2, 0.25) is 0 Å². The van der Waals surface area contributed by atoms with Gasteiger partial charge in [-0.05, 0) is 30.7 Å². The first kappa shape index (κ1) is 13.9. The number of aryl methyl sites for hydroxylation is 1. The van der Waals surface area contributed by atoms with Gasteiger partial charge in [-0.3, -0.25) is 4.79 Å². The van der Waals surface area contributed by atoms with Crippen molar-refractivity contribution in [3.63, 3.8) is 0 Å². The zero-order chi connectivity index (χ0) is 14.7. The lowest BCUT2D eigenvalue weighted by molar-refractivity contribution is 0.102. The Morgan fingerprint density at radius 2 is 2.05 bits per heavy atom. The molecule has 4 nitrogen and oxygen atoms in total. The summed E-state index contributed by atoms with van der Waals surface area (Å²) in [7, 11) is 1.45. The Kier molecular flexibility index (Phi) is 3.89. The number of carbonyl (C=O) groups excluding carboxylic acids is 1. The molecule has 1 amide bonds. The number of hydrogen-bond acceptors (Lipinski definition) is 3. The van der Waals surface area contributed by atoms with Crippen LogP contribution < -0.4 is 10.1 Å². The SMILES string of the molecule is COc1ccc(F)c(NC(=O)c2cccc(C)c2O)c1. The van der Waals surface area contributed by atoms with E-state index < -0.39 is 11.7 Å². The fourth-order valence-electron chi connectivity index (χ4n) is 1.76. The molecule has 0 radical (unpaired) electrons. The number of ether oxygens (including phenoxy) is 1. The molecule has 2 N–H and O–H groups in total. The van der Waals surface area contributed by atoms with Crippen LogP contribution in [0.5, 0.6) is 11.5 Å². The number of halogens is 1. The van der Waals surface area contributed by atoms with Crippen LogP contribution in [0.15, 0.2) is 36.4 Å². The molecule has 0 aliphatic rings. The summed E-state index contributed by atoms with van der Waals surface area (Å²) in [4.78, 5) is 12.1. The van der Waals surface area contributed by atoms with Gasteiger partial charge in [0.05, 0.1) is 18.4 Å². The summed E-state index contributed by atoms with van der Waals surface area (Å²) < 4.78 is 18.6. The van der Waals surface area contributed by atoms with Crippen molar-refractivity contribution in [1.82, 2.24) is 0 Å². The van der Waals surface area contributed by atoms with E-state index in [2.05, 4.69) is 5.32 Å². The molecule has 0 saturated carbocycles. The minimum atomic E-state index is -0.585. The molecular formula is C15H14FNO3. The number of nitrogens with one attached hydrogen (secondary N) is 1. The Hall–Kier alpha value is -2.56. The Balaban J connectivity index is 2.30. The molecule has 104 valence electrons. The molecule has 0 aromatic heterocycles. The van der Waals surface area contributed by atoms with Gasteiger partial charge >= 0.3 is 0 Å². The number of phenols is 1. The number of amides is 1. The van der Waals surface area contributed by atoms with Gasteiger partial charge in [0.15, 0.2) is 0 Å². The molecule has 2 aromatic carbocycles. The van der Waals surface area contributed by atoms with Crippen LogP contribution in [-0.4, -0.2) is 18.1 Å². The predicted molar refractivity (Wildman–Crippen MR) is 73.7 cm³/mol. The molecule has 0 unspecified atom stereocenters. The van der Waals surface area contributed by atoms with Crippen LogP contribution in [0.3, 0.4) is 0 Å². The van der Waals surface area contributed by atoms with Gasteiger partial charge < -0.3 is 15.2 Å². The first-order valence-electron chi connectivity index (χ1n) is 5.96. The van der Waals surface area contributed by atoms with Crippen molar-refractivity contribution in [3.05, 3.63) is 53.3 Å². The third-order valence-electron chi connectivity index (χ3n) is 2.90. The third kappa shape index (κ3) is 2.71. The van der Waals surface area contributed by atoms with E-state index in [-0.39, 0.29) is 17.0 Å². The zero-order valence-electron chi connectivity index (χ0n) is 11.1. The van der Waals surface area contributed by atoms with Crippen molar-refractivity contribution in [3.8, 4) is 11.5 Å². The van der Waals surface area contributed by atoms with Crippen LogP contribution >= 0.6 is 0 Å². The first-order chi connectivity index (χ1) is 9.52. The van der Waals surface area contributed by atoms with Crippen molar-refractivity contribution in [2.75, 3.05) is 12.4 Å². The largest absolute Gasteiger partial charge is 0.507 e. The summed E-state index contributed by atoms with van der Waals surface area (Å²) in [5.41, 5.74) is 0.659. The molecule has 0 atom stereocenters. The fourth-order valence-corrected chi connectivity index (χ4v) is 1.76. The summed E-state index contributed by atoms with van der Waals surface area (Å²) in [5, 5.41) is 12.3. The number of anilines is 1. The Morgan fingerprint density at radius 3 is 2.75 bits per heavy atom. The van der Waals surface area contributed by atoms with Gasteiger partial charge in [0, 0.05) is 6.07 Å². The number of methoxy groups -OCH3 is 1. The van der Waals surface area contributed by atoms with E-state index in [1.165, 1.54) is 31.4 Å². The maximum absolute atomic E-state index is 13.6. The van der Waals surface area contributed by atoms with Gasteiger partial charge in [0.25, 0.3) is 5.91 Å². The van der Waals surface area contributed by atoms with E-state index in [0.29, 0.717) is 11.3 Å². The Labute approximate surface area is 115 Å². The number of aromatic hydroxyl groups is 1. The second-order valence-electron chi connectivity index (χ2n) is 4.27. The summed E-state index contributed by atoms with van der Waals surface area (Å²) >= 11 is 0. The van der Waals surface area contributed by atoms with Gasteiger partial charge in [-0.25, -0.2) is 4.39 Å². The van der Waals surface area contributed by atoms with E-state index in [0.717, 1.165) is 0 Å². The first-order valence-corrected chi connectivity index (χ1v) is 5.96. The number of para-hydroxylation sites is 1.